The predicted octanol–water partition coefficient (Wildman–Crippen LogP) is 17.0. The fourth-order valence-corrected chi connectivity index (χ4v) is 14.9. The summed E-state index contributed by atoms with van der Waals surface area (Å²) in [4.78, 5) is 5.61. The second-order valence-electron chi connectivity index (χ2n) is 23.2. The van der Waals surface area contributed by atoms with Gasteiger partial charge in [0.15, 0.2) is 0 Å². The highest BCUT2D eigenvalue weighted by atomic mass is 15.2. The lowest BCUT2D eigenvalue weighted by Crippen LogP contribution is -2.62. The van der Waals surface area contributed by atoms with E-state index in [0.29, 0.717) is 0 Å². The van der Waals surface area contributed by atoms with Gasteiger partial charge in [0.25, 0.3) is 6.71 Å². The molecule has 73 heavy (non-hydrogen) atoms. The molecule has 0 spiro atoms. The van der Waals surface area contributed by atoms with Crippen LogP contribution in [0.15, 0.2) is 164 Å². The maximum absolute atomic E-state index is 2.80. The molecular formula is C70H61BN2. The molecule has 3 heteroatoms. The molecule has 11 aromatic carbocycles. The summed E-state index contributed by atoms with van der Waals surface area (Å²) in [6.07, 6.45) is 9.05. The van der Waals surface area contributed by atoms with Crippen LogP contribution in [0.1, 0.15) is 101 Å². The zero-order valence-corrected chi connectivity index (χ0v) is 43.2. The third-order valence-corrected chi connectivity index (χ3v) is 18.8. The van der Waals surface area contributed by atoms with E-state index in [1.54, 1.807) is 33.4 Å². The van der Waals surface area contributed by atoms with Crippen LogP contribution in [-0.2, 0) is 36.5 Å². The molecule has 0 radical (unpaired) electrons. The van der Waals surface area contributed by atoms with Crippen molar-refractivity contribution in [1.82, 2.24) is 0 Å². The molecule has 0 fully saturated rings. The van der Waals surface area contributed by atoms with Gasteiger partial charge >= 0.3 is 0 Å². The van der Waals surface area contributed by atoms with Gasteiger partial charge in [-0.25, -0.2) is 0 Å². The molecule has 2 aliphatic heterocycles. The maximum atomic E-state index is 2.80. The van der Waals surface area contributed by atoms with E-state index in [1.807, 2.05) is 0 Å². The molecule has 354 valence electrons. The summed E-state index contributed by atoms with van der Waals surface area (Å²) in [5, 5.41) is 15.7. The van der Waals surface area contributed by atoms with E-state index in [-0.39, 0.29) is 17.5 Å². The van der Waals surface area contributed by atoms with E-state index in [2.05, 4.69) is 215 Å². The van der Waals surface area contributed by atoms with Crippen molar-refractivity contribution in [2.24, 2.45) is 0 Å². The number of rotatable bonds is 6. The van der Waals surface area contributed by atoms with Crippen LogP contribution in [0.3, 0.4) is 0 Å². The lowest BCUT2D eigenvalue weighted by Gasteiger charge is -2.48. The van der Waals surface area contributed by atoms with Crippen LogP contribution < -0.4 is 26.2 Å². The second kappa shape index (κ2) is 15.6. The fraction of sp³-hybridized carbons (Fsp3) is 0.229. The first-order chi connectivity index (χ1) is 35.7. The molecule has 15 rings (SSSR count). The van der Waals surface area contributed by atoms with E-state index in [0.717, 1.165) is 38.5 Å². The Labute approximate surface area is 430 Å². The minimum absolute atomic E-state index is 0.0402. The van der Waals surface area contributed by atoms with E-state index >= 15 is 0 Å². The molecular weight excluding hydrogens is 880 g/mol. The summed E-state index contributed by atoms with van der Waals surface area (Å²) in [7, 11) is 0. The Morgan fingerprint density at radius 2 is 0.699 bits per heavy atom. The van der Waals surface area contributed by atoms with Gasteiger partial charge in [-0.2, -0.15) is 0 Å². The molecule has 0 bridgehead atoms. The molecule has 11 aromatic rings. The zero-order chi connectivity index (χ0) is 49.1. The van der Waals surface area contributed by atoms with Crippen molar-refractivity contribution in [3.8, 4) is 0 Å². The second-order valence-corrected chi connectivity index (χ2v) is 23.2. The van der Waals surface area contributed by atoms with Crippen molar-refractivity contribution < 1.29 is 0 Å². The van der Waals surface area contributed by atoms with Gasteiger partial charge < -0.3 is 9.80 Å². The SMILES string of the molecule is CCC(C)(C)c1c2c(cc3c1N(c1cccc4c5ccccc5c5ccccc5c14)c1cccc4c1B3c1cc3c(c(C(C)(C)CC)c1N4c1cccc4c5ccccc5c5ccccc5c14)CCC3)CCC2. The van der Waals surface area contributed by atoms with Gasteiger partial charge in [0.1, 0.15) is 0 Å². The molecule has 2 nitrogen and oxygen atoms in total. The number of hydrogen-bond acceptors (Lipinski definition) is 2. The molecule has 2 aliphatic carbocycles. The van der Waals surface area contributed by atoms with Crippen LogP contribution in [0.2, 0.25) is 0 Å². The molecule has 0 unspecified atom stereocenters. The van der Waals surface area contributed by atoms with Gasteiger partial charge in [0.2, 0.25) is 0 Å². The highest BCUT2D eigenvalue weighted by Crippen LogP contribution is 2.55. The Kier molecular flexibility index (Phi) is 9.23. The highest BCUT2D eigenvalue weighted by molar-refractivity contribution is 7.00. The summed E-state index contributed by atoms with van der Waals surface area (Å²) < 4.78 is 0. The highest BCUT2D eigenvalue weighted by Gasteiger charge is 2.49. The standard InChI is InChI=1S/C70H61BN2/c1-7-69(3,4)64-44-32-17-22-42(44)40-56-67(64)72(58-36-19-34-54-50-26-11-9-24-46(50)48-28-13-15-30-52(48)62(54)58)60-38-21-39-61-66(60)71(56)57-41-43-23-18-33-45(43)65(70(5,6)8-2)68(57)73(61)59-37-20-35-55-51-27-12-10-25-47(51)49-29-14-16-31-53(49)63(55)59/h9-16,19-21,24-31,34-41H,7-8,17-18,22-23,32-33H2,1-6H3. The van der Waals surface area contributed by atoms with Crippen molar-refractivity contribution in [1.29, 1.82) is 0 Å². The summed E-state index contributed by atoms with van der Waals surface area (Å²) in [6, 6.07) is 63.8. The lowest BCUT2D eigenvalue weighted by molar-refractivity contribution is 0.503. The number of aryl methyl sites for hydroxylation is 2. The minimum Gasteiger partial charge on any atom is -0.310 e. The Bertz CT molecular complexity index is 3860. The third-order valence-electron chi connectivity index (χ3n) is 18.8. The Hall–Kier alpha value is -7.36. The molecule has 2 heterocycles. The Morgan fingerprint density at radius 3 is 1.07 bits per heavy atom. The van der Waals surface area contributed by atoms with Gasteiger partial charge in [-0.15, -0.1) is 0 Å². The summed E-state index contributed by atoms with van der Waals surface area (Å²) in [5.74, 6) is 0. The number of anilines is 6. The lowest BCUT2D eigenvalue weighted by atomic mass is 9.32. The fourth-order valence-electron chi connectivity index (χ4n) is 14.9. The first kappa shape index (κ1) is 43.2. The first-order valence-electron chi connectivity index (χ1n) is 27.4. The average Bonchev–Trinajstić information content (AvgIpc) is 4.11. The van der Waals surface area contributed by atoms with Crippen LogP contribution in [0, 0.1) is 0 Å². The topological polar surface area (TPSA) is 6.48 Å². The summed E-state index contributed by atoms with van der Waals surface area (Å²) >= 11 is 0. The van der Waals surface area contributed by atoms with Gasteiger partial charge in [-0.05, 0) is 190 Å². The van der Waals surface area contributed by atoms with E-state index in [4.69, 9.17) is 0 Å². The predicted molar refractivity (Wildman–Crippen MR) is 316 cm³/mol. The van der Waals surface area contributed by atoms with Gasteiger partial charge in [0, 0.05) is 33.5 Å². The minimum atomic E-state index is -0.0733. The van der Waals surface area contributed by atoms with Gasteiger partial charge in [-0.3, -0.25) is 0 Å². The molecule has 0 N–H and O–H groups in total. The largest absolute Gasteiger partial charge is 0.310 e. The summed E-state index contributed by atoms with van der Waals surface area (Å²) in [6.45, 7) is 15.0. The quantitative estimate of drug-likeness (QED) is 0.121. The molecule has 0 amide bonds. The summed E-state index contributed by atoms with van der Waals surface area (Å²) in [5.41, 5.74) is 21.7. The zero-order valence-electron chi connectivity index (χ0n) is 43.2. The van der Waals surface area contributed by atoms with Crippen molar-refractivity contribution in [3.63, 3.8) is 0 Å². The normalized spacial score (nSPS) is 15.0. The van der Waals surface area contributed by atoms with Crippen molar-refractivity contribution >= 4 is 122 Å². The number of fused-ring (bicyclic) bond motifs is 18. The van der Waals surface area contributed by atoms with Crippen LogP contribution in [0.5, 0.6) is 0 Å². The van der Waals surface area contributed by atoms with E-state index in [9.17, 15) is 0 Å². The van der Waals surface area contributed by atoms with Gasteiger partial charge in [-0.1, -0.05) is 181 Å². The van der Waals surface area contributed by atoms with Crippen molar-refractivity contribution in [2.75, 3.05) is 9.80 Å². The third kappa shape index (κ3) is 5.83. The van der Waals surface area contributed by atoms with Gasteiger partial charge in [0.05, 0.1) is 11.4 Å². The monoisotopic (exact) mass is 940 g/mol. The van der Waals surface area contributed by atoms with Crippen molar-refractivity contribution in [2.45, 2.75) is 104 Å². The molecule has 4 aliphatic rings. The van der Waals surface area contributed by atoms with Crippen LogP contribution in [-0.4, -0.2) is 6.71 Å². The molecule has 0 aromatic heterocycles. The van der Waals surface area contributed by atoms with E-state index < -0.39 is 0 Å². The first-order valence-corrected chi connectivity index (χ1v) is 27.4. The molecule has 0 atom stereocenters. The smallest absolute Gasteiger partial charge is 0.252 e. The number of hydrogen-bond donors (Lipinski definition) is 0. The molecule has 0 saturated heterocycles. The van der Waals surface area contributed by atoms with E-state index in [1.165, 1.54) is 128 Å². The Balaban J connectivity index is 1.15. The van der Waals surface area contributed by atoms with Crippen molar-refractivity contribution in [3.05, 3.63) is 197 Å². The molecule has 0 saturated carbocycles. The number of nitrogens with zero attached hydrogens (tertiary/aromatic N) is 2. The Morgan fingerprint density at radius 1 is 0.384 bits per heavy atom. The maximum Gasteiger partial charge on any atom is 0.252 e. The number of benzene rings is 11. The van der Waals surface area contributed by atoms with Crippen LogP contribution in [0.25, 0.3) is 64.6 Å². The van der Waals surface area contributed by atoms with Crippen LogP contribution >= 0.6 is 0 Å². The van der Waals surface area contributed by atoms with Crippen LogP contribution in [0.4, 0.5) is 34.1 Å². The average molecular weight is 941 g/mol.